The fourth-order valence-electron chi connectivity index (χ4n) is 3.06. The fourth-order valence-corrected chi connectivity index (χ4v) is 3.06. The summed E-state index contributed by atoms with van der Waals surface area (Å²) in [6, 6.07) is 0.280. The Morgan fingerprint density at radius 1 is 1.22 bits per heavy atom. The molecule has 102 valence electrons. The molecule has 0 atom stereocenters. The summed E-state index contributed by atoms with van der Waals surface area (Å²) >= 11 is 0. The maximum atomic E-state index is 11.8. The van der Waals surface area contributed by atoms with Crippen molar-refractivity contribution in [2.24, 2.45) is 5.92 Å². The summed E-state index contributed by atoms with van der Waals surface area (Å²) < 4.78 is 0. The lowest BCUT2D eigenvalue weighted by Gasteiger charge is -2.39. The minimum Gasteiger partial charge on any atom is -0.345 e. The van der Waals surface area contributed by atoms with Gasteiger partial charge in [0.05, 0.1) is 13.1 Å². The Bertz CT molecular complexity index is 322. The quantitative estimate of drug-likeness (QED) is 0.774. The smallest absolute Gasteiger partial charge is 0.242 e. The first-order valence-corrected chi connectivity index (χ1v) is 6.77. The van der Waals surface area contributed by atoms with Crippen molar-refractivity contribution < 1.29 is 9.59 Å². The fraction of sp³-hybridized carbons (Fsp3) is 0.846. The van der Waals surface area contributed by atoms with E-state index in [1.165, 1.54) is 0 Å². The van der Waals surface area contributed by atoms with Gasteiger partial charge >= 0.3 is 0 Å². The number of rotatable bonds is 3. The standard InChI is InChI=1S/C13H23N3O2/c1-15(2)8-10-3-5-11(6-4-10)16-9-12(17)14-7-13(16)18/h10-11H,3-9H2,1-2H3,(H,14,17). The van der Waals surface area contributed by atoms with E-state index in [9.17, 15) is 9.59 Å². The first-order valence-electron chi connectivity index (χ1n) is 6.77. The van der Waals surface area contributed by atoms with E-state index < -0.39 is 0 Å². The second-order valence-corrected chi connectivity index (χ2v) is 5.74. The average Bonchev–Trinajstić information content (AvgIpc) is 2.33. The van der Waals surface area contributed by atoms with Gasteiger partial charge in [0.2, 0.25) is 11.8 Å². The highest BCUT2D eigenvalue weighted by Crippen LogP contribution is 2.28. The number of carbonyl (C=O) groups is 2. The van der Waals surface area contributed by atoms with E-state index in [0.29, 0.717) is 0 Å². The summed E-state index contributed by atoms with van der Waals surface area (Å²) in [5, 5.41) is 2.60. The molecular weight excluding hydrogens is 230 g/mol. The van der Waals surface area contributed by atoms with Crippen LogP contribution in [0.15, 0.2) is 0 Å². The lowest BCUT2D eigenvalue weighted by molar-refractivity contribution is -0.143. The number of carbonyl (C=O) groups excluding carboxylic acids is 2. The van der Waals surface area contributed by atoms with Crippen molar-refractivity contribution in [2.75, 3.05) is 33.7 Å². The number of piperazine rings is 1. The Morgan fingerprint density at radius 2 is 1.89 bits per heavy atom. The molecule has 1 aliphatic heterocycles. The molecule has 2 fully saturated rings. The molecule has 0 spiro atoms. The molecule has 0 bridgehead atoms. The molecule has 0 aromatic rings. The van der Waals surface area contributed by atoms with Gasteiger partial charge in [-0.2, -0.15) is 0 Å². The highest BCUT2D eigenvalue weighted by Gasteiger charge is 2.32. The third-order valence-corrected chi connectivity index (χ3v) is 3.95. The van der Waals surface area contributed by atoms with Crippen LogP contribution in [0.3, 0.4) is 0 Å². The minimum atomic E-state index is -0.0231. The summed E-state index contributed by atoms with van der Waals surface area (Å²) in [5.41, 5.74) is 0. The van der Waals surface area contributed by atoms with Crippen molar-refractivity contribution in [1.29, 1.82) is 0 Å². The lowest BCUT2D eigenvalue weighted by Crippen LogP contribution is -2.55. The van der Waals surface area contributed by atoms with Crippen LogP contribution in [0.5, 0.6) is 0 Å². The van der Waals surface area contributed by atoms with E-state index in [2.05, 4.69) is 24.3 Å². The number of hydrogen-bond donors (Lipinski definition) is 1. The zero-order chi connectivity index (χ0) is 13.1. The zero-order valence-corrected chi connectivity index (χ0v) is 11.3. The minimum absolute atomic E-state index is 0.0231. The second kappa shape index (κ2) is 5.69. The molecule has 2 rings (SSSR count). The van der Waals surface area contributed by atoms with Crippen LogP contribution >= 0.6 is 0 Å². The Balaban J connectivity index is 1.85. The molecule has 18 heavy (non-hydrogen) atoms. The molecule has 1 N–H and O–H groups in total. The lowest BCUT2D eigenvalue weighted by atomic mass is 9.85. The van der Waals surface area contributed by atoms with Crippen LogP contribution in [-0.2, 0) is 9.59 Å². The second-order valence-electron chi connectivity index (χ2n) is 5.74. The maximum Gasteiger partial charge on any atom is 0.242 e. The summed E-state index contributed by atoms with van der Waals surface area (Å²) in [7, 11) is 4.20. The predicted octanol–water partition coefficient (Wildman–Crippen LogP) is 0.0652. The molecule has 5 heteroatoms. The molecule has 0 unspecified atom stereocenters. The van der Waals surface area contributed by atoms with Crippen molar-refractivity contribution in [3.05, 3.63) is 0 Å². The van der Waals surface area contributed by atoms with Gasteiger partial charge in [-0.1, -0.05) is 0 Å². The average molecular weight is 253 g/mol. The van der Waals surface area contributed by atoms with Gasteiger partial charge in [-0.05, 0) is 45.7 Å². The van der Waals surface area contributed by atoms with Crippen molar-refractivity contribution in [3.8, 4) is 0 Å². The monoisotopic (exact) mass is 253 g/mol. The molecule has 1 aliphatic carbocycles. The van der Waals surface area contributed by atoms with E-state index in [1.54, 1.807) is 4.90 Å². The summed E-state index contributed by atoms with van der Waals surface area (Å²) in [6.45, 7) is 1.56. The highest BCUT2D eigenvalue weighted by atomic mass is 16.2. The number of amides is 2. The third-order valence-electron chi connectivity index (χ3n) is 3.95. The van der Waals surface area contributed by atoms with E-state index in [-0.39, 0.29) is 30.9 Å². The van der Waals surface area contributed by atoms with Gasteiger partial charge < -0.3 is 15.1 Å². The van der Waals surface area contributed by atoms with Gasteiger partial charge in [0, 0.05) is 12.6 Å². The van der Waals surface area contributed by atoms with Gasteiger partial charge in [0.15, 0.2) is 0 Å². The Morgan fingerprint density at radius 3 is 2.50 bits per heavy atom. The first kappa shape index (κ1) is 13.3. The molecular formula is C13H23N3O2. The highest BCUT2D eigenvalue weighted by molar-refractivity contribution is 5.92. The number of nitrogens with zero attached hydrogens (tertiary/aromatic N) is 2. The molecule has 2 amide bonds. The van der Waals surface area contributed by atoms with Crippen LogP contribution in [-0.4, -0.2) is 61.4 Å². The number of hydrogen-bond acceptors (Lipinski definition) is 3. The van der Waals surface area contributed by atoms with E-state index in [0.717, 1.165) is 38.1 Å². The van der Waals surface area contributed by atoms with Gasteiger partial charge in [0.1, 0.15) is 0 Å². The Labute approximate surface area is 108 Å². The van der Waals surface area contributed by atoms with Crippen molar-refractivity contribution in [3.63, 3.8) is 0 Å². The number of nitrogens with one attached hydrogen (secondary N) is 1. The summed E-state index contributed by atoms with van der Waals surface area (Å²) in [4.78, 5) is 27.2. The normalized spacial score (nSPS) is 29.6. The van der Waals surface area contributed by atoms with Crippen LogP contribution in [0.2, 0.25) is 0 Å². The Hall–Kier alpha value is -1.10. The van der Waals surface area contributed by atoms with Crippen LogP contribution in [0.1, 0.15) is 25.7 Å². The van der Waals surface area contributed by atoms with Crippen LogP contribution in [0.4, 0.5) is 0 Å². The third kappa shape index (κ3) is 3.22. The molecule has 1 heterocycles. The topological polar surface area (TPSA) is 52.6 Å². The predicted molar refractivity (Wildman–Crippen MR) is 69.0 cm³/mol. The molecule has 1 saturated heterocycles. The Kier molecular flexibility index (Phi) is 4.22. The van der Waals surface area contributed by atoms with Gasteiger partial charge in [-0.25, -0.2) is 0 Å². The van der Waals surface area contributed by atoms with Crippen LogP contribution < -0.4 is 5.32 Å². The van der Waals surface area contributed by atoms with Gasteiger partial charge in [0.25, 0.3) is 0 Å². The molecule has 0 aromatic carbocycles. The van der Waals surface area contributed by atoms with Crippen molar-refractivity contribution >= 4 is 11.8 Å². The van der Waals surface area contributed by atoms with E-state index >= 15 is 0 Å². The van der Waals surface area contributed by atoms with Crippen molar-refractivity contribution in [2.45, 2.75) is 31.7 Å². The molecule has 5 nitrogen and oxygen atoms in total. The molecule has 2 aliphatic rings. The zero-order valence-electron chi connectivity index (χ0n) is 11.3. The summed E-state index contributed by atoms with van der Waals surface area (Å²) in [5.74, 6) is 0.792. The molecule has 0 aromatic heterocycles. The van der Waals surface area contributed by atoms with E-state index in [4.69, 9.17) is 0 Å². The van der Waals surface area contributed by atoms with E-state index in [1.807, 2.05) is 0 Å². The molecule has 1 saturated carbocycles. The van der Waals surface area contributed by atoms with Crippen LogP contribution in [0.25, 0.3) is 0 Å². The molecule has 0 radical (unpaired) electrons. The van der Waals surface area contributed by atoms with Gasteiger partial charge in [-0.3, -0.25) is 9.59 Å². The van der Waals surface area contributed by atoms with Crippen molar-refractivity contribution in [1.82, 2.24) is 15.1 Å². The maximum absolute atomic E-state index is 11.8. The van der Waals surface area contributed by atoms with Crippen LogP contribution in [0, 0.1) is 5.92 Å². The largest absolute Gasteiger partial charge is 0.345 e. The summed E-state index contributed by atoms with van der Waals surface area (Å²) in [6.07, 6.45) is 4.40. The first-order chi connectivity index (χ1) is 8.56. The van der Waals surface area contributed by atoms with Gasteiger partial charge in [-0.15, -0.1) is 0 Å². The SMILES string of the molecule is CN(C)CC1CCC(N2CC(=O)NCC2=O)CC1.